The lowest BCUT2D eigenvalue weighted by Crippen LogP contribution is -2.32. The molecule has 0 saturated carbocycles. The summed E-state index contributed by atoms with van der Waals surface area (Å²) < 4.78 is 31.2. The molecule has 0 spiro atoms. The lowest BCUT2D eigenvalue weighted by Gasteiger charge is -2.10. The highest BCUT2D eigenvalue weighted by atomic mass is 79.9. The number of alkyl halides is 2. The number of carbonyl (C=O) groups is 6. The first kappa shape index (κ1) is 46.2. The Morgan fingerprint density at radius 1 is 0.717 bits per heavy atom. The van der Waals surface area contributed by atoms with Gasteiger partial charge in [-0.25, -0.2) is 4.79 Å². The number of imide groups is 1. The summed E-state index contributed by atoms with van der Waals surface area (Å²) in [5, 5.41) is 3.44. The van der Waals surface area contributed by atoms with Crippen LogP contribution in [0.2, 0.25) is 0 Å². The number of rotatable bonds is 24. The van der Waals surface area contributed by atoms with Crippen molar-refractivity contribution in [2.45, 2.75) is 52.7 Å². The van der Waals surface area contributed by atoms with Gasteiger partial charge in [0.1, 0.15) is 17.5 Å². The zero-order chi connectivity index (χ0) is 35.2. The first-order valence-corrected chi connectivity index (χ1v) is 16.9. The summed E-state index contributed by atoms with van der Waals surface area (Å²) >= 11 is 5.88. The van der Waals surface area contributed by atoms with Crippen molar-refractivity contribution in [1.29, 1.82) is 0 Å². The van der Waals surface area contributed by atoms with Gasteiger partial charge in [0.05, 0.1) is 71.4 Å². The molecule has 0 aromatic rings. The fourth-order valence-corrected chi connectivity index (χ4v) is 2.92. The van der Waals surface area contributed by atoms with Gasteiger partial charge in [-0.15, -0.1) is 5.06 Å². The maximum Gasteiger partial charge on any atom is 0.343 e. The zero-order valence-electron chi connectivity index (χ0n) is 27.1. The first-order chi connectivity index (χ1) is 21.9. The SMILES string of the molecule is CC(=O)[C@H](C)OCCOCCOCCN.CC(=O)[C@H](C)OCCOCCOCCNC(=O)CBr.O=C(CBr)ON1C(=O)CCC1=O. The van der Waals surface area contributed by atoms with E-state index in [1.54, 1.807) is 13.8 Å². The topological polar surface area (TPSA) is 208 Å². The van der Waals surface area contributed by atoms with Gasteiger partial charge >= 0.3 is 5.97 Å². The van der Waals surface area contributed by atoms with E-state index in [2.05, 4.69) is 42.0 Å². The highest BCUT2D eigenvalue weighted by Crippen LogP contribution is 2.12. The van der Waals surface area contributed by atoms with Crippen molar-refractivity contribution in [2.24, 2.45) is 5.73 Å². The molecule has 0 bridgehead atoms. The van der Waals surface area contributed by atoms with E-state index in [0.717, 1.165) is 0 Å². The average Bonchev–Trinajstić information content (AvgIpc) is 3.35. The maximum atomic E-state index is 10.9. The lowest BCUT2D eigenvalue weighted by molar-refractivity contribution is -0.195. The molecule has 18 heteroatoms. The molecular formula is C28H49Br2N3O13. The zero-order valence-corrected chi connectivity index (χ0v) is 30.2. The Balaban J connectivity index is 0. The molecule has 3 N–H and O–H groups in total. The van der Waals surface area contributed by atoms with Crippen LogP contribution in [0.5, 0.6) is 0 Å². The van der Waals surface area contributed by atoms with Gasteiger partial charge in [-0.05, 0) is 27.7 Å². The summed E-state index contributed by atoms with van der Waals surface area (Å²) in [5.74, 6) is -1.60. The molecule has 16 nitrogen and oxygen atoms in total. The molecule has 1 aliphatic heterocycles. The minimum atomic E-state index is -0.654. The highest BCUT2D eigenvalue weighted by molar-refractivity contribution is 9.09. The lowest BCUT2D eigenvalue weighted by atomic mass is 10.3. The summed E-state index contributed by atoms with van der Waals surface area (Å²) in [5.41, 5.74) is 5.23. The van der Waals surface area contributed by atoms with Crippen LogP contribution in [0.1, 0.15) is 40.5 Å². The molecule has 1 saturated heterocycles. The van der Waals surface area contributed by atoms with E-state index in [1.165, 1.54) is 13.8 Å². The van der Waals surface area contributed by atoms with E-state index < -0.39 is 17.8 Å². The smallest absolute Gasteiger partial charge is 0.343 e. The summed E-state index contributed by atoms with van der Waals surface area (Å²) in [6.07, 6.45) is -0.483. The van der Waals surface area contributed by atoms with Gasteiger partial charge in [0.25, 0.3) is 11.8 Å². The monoisotopic (exact) mass is 793 g/mol. The number of amides is 3. The Hall–Kier alpha value is -1.90. The third-order valence-electron chi connectivity index (χ3n) is 5.34. The van der Waals surface area contributed by atoms with Crippen LogP contribution in [0, 0.1) is 0 Å². The Labute approximate surface area is 287 Å². The molecule has 268 valence electrons. The van der Waals surface area contributed by atoms with Crippen LogP contribution in [0.25, 0.3) is 0 Å². The predicted molar refractivity (Wildman–Crippen MR) is 172 cm³/mol. The van der Waals surface area contributed by atoms with Crippen LogP contribution in [-0.2, 0) is 62.0 Å². The fraction of sp³-hybridized carbons (Fsp3) is 0.786. The summed E-state index contributed by atoms with van der Waals surface area (Å²) in [6, 6.07) is 0. The average molecular weight is 796 g/mol. The second-order valence-corrected chi connectivity index (χ2v) is 10.3. The number of nitrogens with one attached hydrogen (secondary N) is 1. The number of hydrogen-bond acceptors (Lipinski definition) is 14. The number of nitrogens with two attached hydrogens (primary N) is 1. The summed E-state index contributed by atoms with van der Waals surface area (Å²) in [6.45, 7) is 12.2. The van der Waals surface area contributed by atoms with Crippen molar-refractivity contribution < 1.29 is 62.0 Å². The van der Waals surface area contributed by atoms with E-state index >= 15 is 0 Å². The number of Topliss-reactive ketones (excluding diaryl/α,β-unsaturated/α-hetero) is 2. The number of halogens is 2. The molecule has 0 aliphatic carbocycles. The Kier molecular flexibility index (Phi) is 31.8. The molecule has 1 heterocycles. The number of ketones is 2. The van der Waals surface area contributed by atoms with Gasteiger partial charge in [-0.2, -0.15) is 0 Å². The number of nitrogens with zero attached hydrogens (tertiary/aromatic N) is 1. The van der Waals surface area contributed by atoms with Gasteiger partial charge < -0.3 is 44.3 Å². The molecule has 0 radical (unpaired) electrons. The van der Waals surface area contributed by atoms with Crippen LogP contribution in [0.4, 0.5) is 0 Å². The molecule has 0 aromatic heterocycles. The highest BCUT2D eigenvalue weighted by Gasteiger charge is 2.32. The first-order valence-electron chi connectivity index (χ1n) is 14.6. The van der Waals surface area contributed by atoms with Crippen LogP contribution < -0.4 is 11.1 Å². The number of carbonyl (C=O) groups excluding carboxylic acids is 6. The maximum absolute atomic E-state index is 10.9. The second kappa shape index (κ2) is 31.7. The number of hydrogen-bond donors (Lipinski definition) is 2. The molecule has 46 heavy (non-hydrogen) atoms. The minimum absolute atomic E-state index is 0.00820. The Morgan fingerprint density at radius 3 is 1.52 bits per heavy atom. The van der Waals surface area contributed by atoms with Crippen LogP contribution >= 0.6 is 31.9 Å². The van der Waals surface area contributed by atoms with E-state index in [9.17, 15) is 28.8 Å². The van der Waals surface area contributed by atoms with Crippen molar-refractivity contribution in [3.8, 4) is 0 Å². The summed E-state index contributed by atoms with van der Waals surface area (Å²) in [4.78, 5) is 69.3. The molecular weight excluding hydrogens is 746 g/mol. The molecule has 0 aromatic carbocycles. The van der Waals surface area contributed by atoms with Crippen LogP contribution in [-0.4, -0.2) is 142 Å². The van der Waals surface area contributed by atoms with Crippen LogP contribution in [0.15, 0.2) is 0 Å². The third-order valence-corrected chi connectivity index (χ3v) is 6.31. The van der Waals surface area contributed by atoms with Gasteiger partial charge in [0, 0.05) is 25.9 Å². The quantitative estimate of drug-likeness (QED) is 0.0775. The Bertz CT molecular complexity index is 868. The minimum Gasteiger partial charge on any atom is -0.378 e. The largest absolute Gasteiger partial charge is 0.378 e. The molecule has 0 unspecified atom stereocenters. The summed E-state index contributed by atoms with van der Waals surface area (Å²) in [7, 11) is 0. The third kappa shape index (κ3) is 28.3. The molecule has 3 amide bonds. The van der Waals surface area contributed by atoms with Gasteiger partial charge in [0.2, 0.25) is 5.91 Å². The van der Waals surface area contributed by atoms with Crippen molar-refractivity contribution in [3.63, 3.8) is 0 Å². The van der Waals surface area contributed by atoms with Crippen molar-refractivity contribution >= 4 is 67.1 Å². The van der Waals surface area contributed by atoms with E-state index in [0.29, 0.717) is 89.6 Å². The van der Waals surface area contributed by atoms with Crippen molar-refractivity contribution in [1.82, 2.24) is 10.4 Å². The molecule has 1 aliphatic rings. The number of ether oxygens (including phenoxy) is 6. The van der Waals surface area contributed by atoms with Crippen LogP contribution in [0.3, 0.4) is 0 Å². The van der Waals surface area contributed by atoms with E-state index in [-0.39, 0.29) is 47.9 Å². The molecule has 1 fully saturated rings. The van der Waals surface area contributed by atoms with Gasteiger partial charge in [0.15, 0.2) is 11.6 Å². The number of hydroxylamine groups is 2. The molecule has 1 rings (SSSR count). The van der Waals surface area contributed by atoms with Crippen molar-refractivity contribution in [2.75, 3.05) is 89.8 Å². The van der Waals surface area contributed by atoms with E-state index in [4.69, 9.17) is 34.2 Å². The second-order valence-electron chi connectivity index (χ2n) is 9.15. The molecule has 2 atom stereocenters. The van der Waals surface area contributed by atoms with Crippen molar-refractivity contribution in [3.05, 3.63) is 0 Å². The van der Waals surface area contributed by atoms with Gasteiger partial charge in [-0.1, -0.05) is 31.9 Å². The Morgan fingerprint density at radius 2 is 1.13 bits per heavy atom. The normalized spacial score (nSPS) is 13.6. The predicted octanol–water partition coefficient (Wildman–Crippen LogP) is 0.486. The van der Waals surface area contributed by atoms with E-state index in [1.807, 2.05) is 0 Å². The van der Waals surface area contributed by atoms with Gasteiger partial charge in [-0.3, -0.25) is 24.0 Å². The fourth-order valence-electron chi connectivity index (χ4n) is 2.62. The standard InChI is InChI=1S/C12H22BrNO5.C10H21NO4.C6H6BrNO4/c1-10(15)11(2)19-8-7-18-6-5-17-4-3-14-12(16)9-13;1-9(12)10(2)15-8-7-14-6-5-13-4-3-11;7-3-6(11)12-8-4(9)1-2-5(8)10/h11H,3-9H2,1-2H3,(H,14,16);10H,3-8,11H2,1-2H3;1-3H2/t11-;10-;/m00./s1.